The number of carbonyl (C=O) groups excluding carboxylic acids is 2. The maximum atomic E-state index is 12.6. The van der Waals surface area contributed by atoms with Crippen LogP contribution >= 0.6 is 0 Å². The SMILES string of the molecule is CC(C)C(=O)Nc1ccc2c(c1)OC(C)C(=O)N2CCN1CCOCC1. The summed E-state index contributed by atoms with van der Waals surface area (Å²) in [6.45, 7) is 10.1. The maximum Gasteiger partial charge on any atom is 0.267 e. The number of rotatable bonds is 5. The predicted octanol–water partition coefficient (Wildman–Crippen LogP) is 1.73. The van der Waals surface area contributed by atoms with E-state index in [1.54, 1.807) is 17.9 Å². The molecule has 0 radical (unpaired) electrons. The molecule has 0 saturated carbocycles. The maximum absolute atomic E-state index is 12.6. The van der Waals surface area contributed by atoms with E-state index in [1.807, 2.05) is 26.0 Å². The van der Waals surface area contributed by atoms with E-state index in [-0.39, 0.29) is 17.7 Å². The van der Waals surface area contributed by atoms with Crippen LogP contribution < -0.4 is 15.0 Å². The quantitative estimate of drug-likeness (QED) is 0.865. The second-order valence-electron chi connectivity index (χ2n) is 7.03. The summed E-state index contributed by atoms with van der Waals surface area (Å²) in [5, 5.41) is 2.87. The van der Waals surface area contributed by atoms with Gasteiger partial charge >= 0.3 is 0 Å². The number of hydrogen-bond acceptors (Lipinski definition) is 5. The first-order valence-corrected chi connectivity index (χ1v) is 9.18. The summed E-state index contributed by atoms with van der Waals surface area (Å²) in [4.78, 5) is 28.6. The molecular weight excluding hydrogens is 334 g/mol. The van der Waals surface area contributed by atoms with Gasteiger partial charge < -0.3 is 19.7 Å². The van der Waals surface area contributed by atoms with Gasteiger partial charge in [0.05, 0.1) is 18.9 Å². The number of carbonyl (C=O) groups is 2. The number of benzene rings is 1. The summed E-state index contributed by atoms with van der Waals surface area (Å²) in [7, 11) is 0. The third-order valence-corrected chi connectivity index (χ3v) is 4.70. The number of amides is 2. The smallest absolute Gasteiger partial charge is 0.267 e. The number of fused-ring (bicyclic) bond motifs is 1. The zero-order chi connectivity index (χ0) is 18.7. The number of ether oxygens (including phenoxy) is 2. The highest BCUT2D eigenvalue weighted by Gasteiger charge is 2.32. The van der Waals surface area contributed by atoms with E-state index in [4.69, 9.17) is 9.47 Å². The van der Waals surface area contributed by atoms with Crippen LogP contribution in [0.4, 0.5) is 11.4 Å². The van der Waals surface area contributed by atoms with Gasteiger partial charge in [0.2, 0.25) is 5.91 Å². The fourth-order valence-corrected chi connectivity index (χ4v) is 3.07. The van der Waals surface area contributed by atoms with Gasteiger partial charge in [-0.05, 0) is 19.1 Å². The molecule has 2 aliphatic rings. The summed E-state index contributed by atoms with van der Waals surface area (Å²) < 4.78 is 11.1. The molecule has 2 amide bonds. The van der Waals surface area contributed by atoms with Crippen LogP contribution in [0.2, 0.25) is 0 Å². The van der Waals surface area contributed by atoms with Crippen molar-refractivity contribution >= 4 is 23.2 Å². The molecule has 2 heterocycles. The number of hydrogen-bond donors (Lipinski definition) is 1. The van der Waals surface area contributed by atoms with Crippen LogP contribution in [0.25, 0.3) is 0 Å². The van der Waals surface area contributed by atoms with Crippen molar-refractivity contribution in [2.45, 2.75) is 26.9 Å². The summed E-state index contributed by atoms with van der Waals surface area (Å²) in [5.41, 5.74) is 1.43. The lowest BCUT2D eigenvalue weighted by atomic mass is 10.1. The third-order valence-electron chi connectivity index (χ3n) is 4.70. The Morgan fingerprint density at radius 2 is 2.00 bits per heavy atom. The Hall–Kier alpha value is -2.12. The van der Waals surface area contributed by atoms with Crippen LogP contribution in [0.5, 0.6) is 5.75 Å². The number of morpholine rings is 1. The lowest BCUT2D eigenvalue weighted by molar-refractivity contribution is -0.125. The second-order valence-corrected chi connectivity index (χ2v) is 7.03. The van der Waals surface area contributed by atoms with Gasteiger partial charge in [0.1, 0.15) is 5.75 Å². The minimum Gasteiger partial charge on any atom is -0.479 e. The third kappa shape index (κ3) is 4.16. The van der Waals surface area contributed by atoms with E-state index in [0.29, 0.717) is 18.0 Å². The highest BCUT2D eigenvalue weighted by Crippen LogP contribution is 2.36. The topological polar surface area (TPSA) is 71.1 Å². The Morgan fingerprint density at radius 3 is 2.69 bits per heavy atom. The van der Waals surface area contributed by atoms with Crippen molar-refractivity contribution in [1.82, 2.24) is 4.90 Å². The first kappa shape index (κ1) is 18.7. The monoisotopic (exact) mass is 361 g/mol. The molecule has 1 saturated heterocycles. The Labute approximate surface area is 154 Å². The van der Waals surface area contributed by atoms with E-state index in [1.165, 1.54) is 0 Å². The molecule has 1 atom stereocenters. The summed E-state index contributed by atoms with van der Waals surface area (Å²) in [6.07, 6.45) is -0.539. The van der Waals surface area contributed by atoms with E-state index < -0.39 is 6.10 Å². The molecule has 1 aromatic rings. The normalized spacial score (nSPS) is 20.7. The molecule has 0 aliphatic carbocycles. The van der Waals surface area contributed by atoms with Crippen LogP contribution in [0.3, 0.4) is 0 Å². The van der Waals surface area contributed by atoms with Gasteiger partial charge in [-0.25, -0.2) is 0 Å². The molecule has 26 heavy (non-hydrogen) atoms. The van der Waals surface area contributed by atoms with Crippen LogP contribution in [0, 0.1) is 5.92 Å². The van der Waals surface area contributed by atoms with Crippen molar-refractivity contribution in [1.29, 1.82) is 0 Å². The Morgan fingerprint density at radius 1 is 1.27 bits per heavy atom. The molecule has 7 nitrogen and oxygen atoms in total. The van der Waals surface area contributed by atoms with E-state index >= 15 is 0 Å². The van der Waals surface area contributed by atoms with E-state index in [2.05, 4.69) is 10.2 Å². The van der Waals surface area contributed by atoms with Crippen molar-refractivity contribution in [3.63, 3.8) is 0 Å². The van der Waals surface area contributed by atoms with Crippen molar-refractivity contribution < 1.29 is 19.1 Å². The zero-order valence-corrected chi connectivity index (χ0v) is 15.7. The minimum atomic E-state index is -0.539. The zero-order valence-electron chi connectivity index (χ0n) is 15.7. The van der Waals surface area contributed by atoms with Crippen molar-refractivity contribution in [3.8, 4) is 5.75 Å². The van der Waals surface area contributed by atoms with Crippen LogP contribution in [0.1, 0.15) is 20.8 Å². The molecule has 1 unspecified atom stereocenters. The lowest BCUT2D eigenvalue weighted by Gasteiger charge is -2.35. The molecule has 2 aliphatic heterocycles. The van der Waals surface area contributed by atoms with Gasteiger partial charge in [0, 0.05) is 43.9 Å². The Bertz CT molecular complexity index is 671. The van der Waals surface area contributed by atoms with Crippen LogP contribution in [-0.2, 0) is 14.3 Å². The van der Waals surface area contributed by atoms with Gasteiger partial charge in [-0.15, -0.1) is 0 Å². The van der Waals surface area contributed by atoms with Crippen molar-refractivity contribution in [3.05, 3.63) is 18.2 Å². The van der Waals surface area contributed by atoms with Gasteiger partial charge in [0.25, 0.3) is 5.91 Å². The summed E-state index contributed by atoms with van der Waals surface area (Å²) in [6, 6.07) is 5.45. The predicted molar refractivity (Wildman–Crippen MR) is 99.6 cm³/mol. The second kappa shape index (κ2) is 8.05. The Balaban J connectivity index is 1.74. The molecule has 0 bridgehead atoms. The van der Waals surface area contributed by atoms with Crippen LogP contribution in [0.15, 0.2) is 18.2 Å². The number of nitrogens with one attached hydrogen (secondary N) is 1. The molecule has 7 heteroatoms. The van der Waals surface area contributed by atoms with Crippen molar-refractivity contribution in [2.24, 2.45) is 5.92 Å². The molecular formula is C19H27N3O4. The fraction of sp³-hybridized carbons (Fsp3) is 0.579. The van der Waals surface area contributed by atoms with Crippen molar-refractivity contribution in [2.75, 3.05) is 49.6 Å². The standard InChI is InChI=1S/C19H27N3O4/c1-13(2)18(23)20-15-4-5-16-17(12-15)26-14(3)19(24)22(16)7-6-21-8-10-25-11-9-21/h4-5,12-14H,6-11H2,1-3H3,(H,20,23). The molecule has 0 spiro atoms. The molecule has 1 N–H and O–H groups in total. The molecule has 142 valence electrons. The first-order valence-electron chi connectivity index (χ1n) is 9.18. The number of nitrogens with zero attached hydrogens (tertiary/aromatic N) is 2. The van der Waals surface area contributed by atoms with E-state index in [0.717, 1.165) is 38.5 Å². The van der Waals surface area contributed by atoms with E-state index in [9.17, 15) is 9.59 Å². The van der Waals surface area contributed by atoms with Gasteiger partial charge in [-0.1, -0.05) is 13.8 Å². The fourth-order valence-electron chi connectivity index (χ4n) is 3.07. The van der Waals surface area contributed by atoms with Gasteiger partial charge in [0.15, 0.2) is 6.10 Å². The highest BCUT2D eigenvalue weighted by atomic mass is 16.5. The highest BCUT2D eigenvalue weighted by molar-refractivity contribution is 6.00. The average molecular weight is 361 g/mol. The largest absolute Gasteiger partial charge is 0.479 e. The molecule has 0 aromatic heterocycles. The average Bonchev–Trinajstić information content (AvgIpc) is 2.63. The molecule has 1 aromatic carbocycles. The Kier molecular flexibility index (Phi) is 5.78. The summed E-state index contributed by atoms with van der Waals surface area (Å²) in [5.74, 6) is 0.442. The van der Waals surface area contributed by atoms with Gasteiger partial charge in [-0.3, -0.25) is 14.5 Å². The molecule has 1 fully saturated rings. The lowest BCUT2D eigenvalue weighted by Crippen LogP contribution is -2.48. The van der Waals surface area contributed by atoms with Crippen LogP contribution in [-0.4, -0.2) is 62.2 Å². The first-order chi connectivity index (χ1) is 12.5. The van der Waals surface area contributed by atoms with Gasteiger partial charge in [-0.2, -0.15) is 0 Å². The summed E-state index contributed by atoms with van der Waals surface area (Å²) >= 11 is 0. The molecule has 3 rings (SSSR count). The minimum absolute atomic E-state index is 0.0373. The number of anilines is 2.